The highest BCUT2D eigenvalue weighted by atomic mass is 16.6. The van der Waals surface area contributed by atoms with E-state index in [9.17, 15) is 10.1 Å². The van der Waals surface area contributed by atoms with E-state index in [1.54, 1.807) is 19.2 Å². The van der Waals surface area contributed by atoms with Crippen LogP contribution in [0.15, 0.2) is 36.4 Å². The zero-order valence-electron chi connectivity index (χ0n) is 9.05. The third-order valence-electron chi connectivity index (χ3n) is 1.93. The predicted molar refractivity (Wildman–Crippen MR) is 62.6 cm³/mol. The number of non-ortho nitro benzene ring substituents is 1. The van der Waals surface area contributed by atoms with Crippen molar-refractivity contribution in [1.29, 1.82) is 0 Å². The molecule has 0 saturated heterocycles. The van der Waals surface area contributed by atoms with Crippen molar-refractivity contribution < 1.29 is 9.66 Å². The summed E-state index contributed by atoms with van der Waals surface area (Å²) in [6, 6.07) is 6.31. The van der Waals surface area contributed by atoms with E-state index in [1.807, 2.05) is 12.2 Å². The Morgan fingerprint density at radius 3 is 2.62 bits per heavy atom. The van der Waals surface area contributed by atoms with Crippen LogP contribution in [0, 0.1) is 10.1 Å². The van der Waals surface area contributed by atoms with Crippen LogP contribution in [0.2, 0.25) is 0 Å². The van der Waals surface area contributed by atoms with Crippen LogP contribution >= 0.6 is 0 Å². The van der Waals surface area contributed by atoms with Gasteiger partial charge in [-0.05, 0) is 12.1 Å². The van der Waals surface area contributed by atoms with E-state index in [-0.39, 0.29) is 5.69 Å². The van der Waals surface area contributed by atoms with Crippen LogP contribution in [-0.2, 0) is 4.74 Å². The summed E-state index contributed by atoms with van der Waals surface area (Å²) in [5.41, 5.74) is 0.952. The number of rotatable bonds is 6. The first kappa shape index (κ1) is 12.2. The number of hydrogen-bond donors (Lipinski definition) is 1. The van der Waals surface area contributed by atoms with Gasteiger partial charge in [0.1, 0.15) is 0 Å². The van der Waals surface area contributed by atoms with E-state index in [0.29, 0.717) is 13.2 Å². The molecule has 5 nitrogen and oxygen atoms in total. The molecule has 0 radical (unpaired) electrons. The van der Waals surface area contributed by atoms with E-state index < -0.39 is 4.92 Å². The fraction of sp³-hybridized carbons (Fsp3) is 0.273. The molecule has 0 heterocycles. The van der Waals surface area contributed by atoms with Gasteiger partial charge in [-0.2, -0.15) is 0 Å². The van der Waals surface area contributed by atoms with Gasteiger partial charge >= 0.3 is 0 Å². The summed E-state index contributed by atoms with van der Waals surface area (Å²) < 4.78 is 4.85. The summed E-state index contributed by atoms with van der Waals surface area (Å²) in [6.07, 6.45) is 3.84. The molecule has 0 aliphatic rings. The average molecular weight is 222 g/mol. The Morgan fingerprint density at radius 1 is 1.38 bits per heavy atom. The Hall–Kier alpha value is -1.88. The Labute approximate surface area is 93.9 Å². The van der Waals surface area contributed by atoms with Crippen LogP contribution in [0.1, 0.15) is 0 Å². The van der Waals surface area contributed by atoms with Gasteiger partial charge < -0.3 is 10.1 Å². The van der Waals surface area contributed by atoms with E-state index in [1.165, 1.54) is 12.1 Å². The normalized spacial score (nSPS) is 10.6. The van der Waals surface area contributed by atoms with Gasteiger partial charge in [0.05, 0.1) is 11.5 Å². The van der Waals surface area contributed by atoms with Gasteiger partial charge in [0.25, 0.3) is 5.69 Å². The Morgan fingerprint density at radius 2 is 2.06 bits per heavy atom. The molecule has 0 aromatic heterocycles. The van der Waals surface area contributed by atoms with E-state index in [4.69, 9.17) is 4.74 Å². The van der Waals surface area contributed by atoms with Gasteiger partial charge in [-0.3, -0.25) is 10.1 Å². The second-order valence-corrected chi connectivity index (χ2v) is 3.11. The summed E-state index contributed by atoms with van der Waals surface area (Å²) in [4.78, 5) is 9.99. The van der Waals surface area contributed by atoms with Gasteiger partial charge in [-0.25, -0.2) is 0 Å². The number of nitro benzene ring substituents is 1. The average Bonchev–Trinajstić information content (AvgIpc) is 2.29. The molecule has 0 saturated carbocycles. The molecule has 16 heavy (non-hydrogen) atoms. The first-order valence-corrected chi connectivity index (χ1v) is 4.86. The molecule has 1 aromatic rings. The zero-order chi connectivity index (χ0) is 11.8. The SMILES string of the molecule is COC/C=C/CNc1ccc([N+](=O)[O-])cc1. The molecule has 5 heteroatoms. The predicted octanol–water partition coefficient (Wildman–Crippen LogP) is 2.21. The first-order chi connectivity index (χ1) is 7.74. The molecule has 0 amide bonds. The smallest absolute Gasteiger partial charge is 0.269 e. The lowest BCUT2D eigenvalue weighted by Crippen LogP contribution is -1.98. The largest absolute Gasteiger partial charge is 0.382 e. The number of ether oxygens (including phenoxy) is 1. The second-order valence-electron chi connectivity index (χ2n) is 3.11. The van der Waals surface area contributed by atoms with E-state index in [0.717, 1.165) is 5.69 Å². The Bertz CT molecular complexity index is 360. The van der Waals surface area contributed by atoms with Crippen LogP contribution in [0.4, 0.5) is 11.4 Å². The minimum Gasteiger partial charge on any atom is -0.382 e. The molecule has 1 N–H and O–H groups in total. The highest BCUT2D eigenvalue weighted by Gasteiger charge is 2.02. The molecular formula is C11H14N2O3. The zero-order valence-corrected chi connectivity index (χ0v) is 9.05. The third-order valence-corrected chi connectivity index (χ3v) is 1.93. The maximum Gasteiger partial charge on any atom is 0.269 e. The molecule has 0 spiro atoms. The molecule has 0 bridgehead atoms. The van der Waals surface area contributed by atoms with Crippen LogP contribution in [0.3, 0.4) is 0 Å². The van der Waals surface area contributed by atoms with Crippen molar-refractivity contribution in [3.63, 3.8) is 0 Å². The van der Waals surface area contributed by atoms with Gasteiger partial charge in [0.15, 0.2) is 0 Å². The number of benzene rings is 1. The monoisotopic (exact) mass is 222 g/mol. The first-order valence-electron chi connectivity index (χ1n) is 4.86. The highest BCUT2D eigenvalue weighted by Crippen LogP contribution is 2.14. The lowest BCUT2D eigenvalue weighted by Gasteiger charge is -2.02. The van der Waals surface area contributed by atoms with Crippen molar-refractivity contribution >= 4 is 11.4 Å². The molecule has 0 unspecified atom stereocenters. The third kappa shape index (κ3) is 4.10. The van der Waals surface area contributed by atoms with Crippen LogP contribution in [0.25, 0.3) is 0 Å². The summed E-state index contributed by atoms with van der Waals surface area (Å²) in [7, 11) is 1.63. The molecule has 0 aliphatic carbocycles. The number of nitrogens with zero attached hydrogens (tertiary/aromatic N) is 1. The van der Waals surface area contributed by atoms with Crippen LogP contribution < -0.4 is 5.32 Å². The van der Waals surface area contributed by atoms with Crippen molar-refractivity contribution in [2.45, 2.75) is 0 Å². The molecule has 0 fully saturated rings. The minimum absolute atomic E-state index is 0.0977. The number of methoxy groups -OCH3 is 1. The summed E-state index contributed by atoms with van der Waals surface area (Å²) >= 11 is 0. The number of nitro groups is 1. The Kier molecular flexibility index (Phi) is 5.01. The number of anilines is 1. The fourth-order valence-corrected chi connectivity index (χ4v) is 1.13. The molecule has 1 rings (SSSR count). The summed E-state index contributed by atoms with van der Waals surface area (Å²) in [6.45, 7) is 1.25. The summed E-state index contributed by atoms with van der Waals surface area (Å²) in [5, 5.41) is 13.5. The molecule has 0 aliphatic heterocycles. The fourth-order valence-electron chi connectivity index (χ4n) is 1.13. The molecule has 1 aromatic carbocycles. The van der Waals surface area contributed by atoms with Gasteiger partial charge in [-0.1, -0.05) is 12.2 Å². The number of nitrogens with one attached hydrogen (secondary N) is 1. The van der Waals surface area contributed by atoms with E-state index in [2.05, 4.69) is 5.32 Å². The molecule has 86 valence electrons. The summed E-state index contributed by atoms with van der Waals surface area (Å²) in [5.74, 6) is 0. The topological polar surface area (TPSA) is 64.4 Å². The van der Waals surface area contributed by atoms with E-state index >= 15 is 0 Å². The highest BCUT2D eigenvalue weighted by molar-refractivity contribution is 5.48. The lowest BCUT2D eigenvalue weighted by molar-refractivity contribution is -0.384. The van der Waals surface area contributed by atoms with Crippen LogP contribution in [0.5, 0.6) is 0 Å². The van der Waals surface area contributed by atoms with Gasteiger partial charge in [0, 0.05) is 31.5 Å². The van der Waals surface area contributed by atoms with Crippen molar-refractivity contribution in [2.75, 3.05) is 25.6 Å². The van der Waals surface area contributed by atoms with Gasteiger partial charge in [-0.15, -0.1) is 0 Å². The lowest BCUT2D eigenvalue weighted by atomic mass is 10.3. The Balaban J connectivity index is 2.40. The molecule has 0 atom stereocenters. The maximum atomic E-state index is 10.4. The quantitative estimate of drug-likeness (QED) is 0.455. The van der Waals surface area contributed by atoms with Crippen molar-refractivity contribution in [1.82, 2.24) is 0 Å². The minimum atomic E-state index is -0.414. The standard InChI is InChI=1S/C11H14N2O3/c1-16-9-3-2-8-12-10-4-6-11(7-5-10)13(14)15/h2-7,12H,8-9H2,1H3/b3-2+. The van der Waals surface area contributed by atoms with Crippen molar-refractivity contribution in [2.24, 2.45) is 0 Å². The maximum absolute atomic E-state index is 10.4. The van der Waals surface area contributed by atoms with Crippen LogP contribution in [-0.4, -0.2) is 25.2 Å². The molecular weight excluding hydrogens is 208 g/mol. The second kappa shape index (κ2) is 6.58. The van der Waals surface area contributed by atoms with Gasteiger partial charge in [0.2, 0.25) is 0 Å². The van der Waals surface area contributed by atoms with Crippen molar-refractivity contribution in [3.8, 4) is 0 Å². The number of hydrogen-bond acceptors (Lipinski definition) is 4. The van der Waals surface area contributed by atoms with Crippen molar-refractivity contribution in [3.05, 3.63) is 46.5 Å².